The fourth-order valence-corrected chi connectivity index (χ4v) is 1.74. The molecule has 1 saturated heterocycles. The van der Waals surface area contributed by atoms with E-state index in [0.29, 0.717) is 19.7 Å². The number of hydrogen-bond donors (Lipinski definition) is 1. The molecule has 1 atom stereocenters. The van der Waals surface area contributed by atoms with Crippen LogP contribution in [0.15, 0.2) is 24.3 Å². The Kier molecular flexibility index (Phi) is 3.49. The number of amides is 1. The van der Waals surface area contributed by atoms with Gasteiger partial charge in [0.25, 0.3) is 0 Å². The predicted molar refractivity (Wildman–Crippen MR) is 64.3 cm³/mol. The number of hydrogen-bond acceptors (Lipinski definition) is 4. The molecule has 5 heteroatoms. The van der Waals surface area contributed by atoms with Gasteiger partial charge in [-0.2, -0.15) is 0 Å². The summed E-state index contributed by atoms with van der Waals surface area (Å²) in [7, 11) is 0. The maximum absolute atomic E-state index is 11.6. The lowest BCUT2D eigenvalue weighted by atomic mass is 10.2. The molecule has 1 aromatic rings. The van der Waals surface area contributed by atoms with E-state index in [1.54, 1.807) is 4.90 Å². The second-order valence-corrected chi connectivity index (χ2v) is 3.78. The Bertz CT molecular complexity index is 391. The van der Waals surface area contributed by atoms with Crippen LogP contribution in [0.1, 0.15) is 6.92 Å². The third-order valence-corrected chi connectivity index (χ3v) is 2.60. The SMILES string of the molecule is CCOc1ccc(N2CC(CN)OC2=O)cc1. The van der Waals surface area contributed by atoms with E-state index in [-0.39, 0.29) is 12.2 Å². The van der Waals surface area contributed by atoms with Crippen molar-refractivity contribution in [1.82, 2.24) is 0 Å². The third-order valence-electron chi connectivity index (χ3n) is 2.60. The summed E-state index contributed by atoms with van der Waals surface area (Å²) >= 11 is 0. The largest absolute Gasteiger partial charge is 0.494 e. The lowest BCUT2D eigenvalue weighted by molar-refractivity contribution is 0.145. The van der Waals surface area contributed by atoms with Crippen LogP contribution in [0.2, 0.25) is 0 Å². The van der Waals surface area contributed by atoms with Crippen molar-refractivity contribution in [3.05, 3.63) is 24.3 Å². The zero-order chi connectivity index (χ0) is 12.3. The minimum Gasteiger partial charge on any atom is -0.494 e. The zero-order valence-electron chi connectivity index (χ0n) is 9.76. The van der Waals surface area contributed by atoms with E-state index in [1.807, 2.05) is 31.2 Å². The highest BCUT2D eigenvalue weighted by atomic mass is 16.6. The van der Waals surface area contributed by atoms with Gasteiger partial charge < -0.3 is 15.2 Å². The minimum absolute atomic E-state index is 0.214. The van der Waals surface area contributed by atoms with Gasteiger partial charge in [-0.3, -0.25) is 4.90 Å². The van der Waals surface area contributed by atoms with Gasteiger partial charge in [0, 0.05) is 12.2 Å². The third kappa shape index (κ3) is 2.50. The molecule has 0 radical (unpaired) electrons. The quantitative estimate of drug-likeness (QED) is 0.857. The van der Waals surface area contributed by atoms with Crippen LogP contribution in [0, 0.1) is 0 Å². The number of nitrogens with zero attached hydrogens (tertiary/aromatic N) is 1. The number of carbonyl (C=O) groups excluding carboxylic acids is 1. The lowest BCUT2D eigenvalue weighted by Gasteiger charge is -2.13. The van der Waals surface area contributed by atoms with Crippen LogP contribution in [0.3, 0.4) is 0 Å². The normalized spacial score (nSPS) is 19.3. The topological polar surface area (TPSA) is 64.8 Å². The van der Waals surface area contributed by atoms with Crippen LogP contribution in [0.4, 0.5) is 10.5 Å². The molecule has 0 saturated carbocycles. The summed E-state index contributed by atoms with van der Waals surface area (Å²) in [6.45, 7) is 3.40. The van der Waals surface area contributed by atoms with Crippen molar-refractivity contribution in [1.29, 1.82) is 0 Å². The average Bonchev–Trinajstić information content (AvgIpc) is 2.72. The Morgan fingerprint density at radius 2 is 2.18 bits per heavy atom. The smallest absolute Gasteiger partial charge is 0.414 e. The van der Waals surface area contributed by atoms with E-state index >= 15 is 0 Å². The molecular formula is C12H16N2O3. The van der Waals surface area contributed by atoms with Gasteiger partial charge in [0.1, 0.15) is 11.9 Å². The molecule has 2 rings (SSSR count). The summed E-state index contributed by atoms with van der Waals surface area (Å²) in [5.41, 5.74) is 6.28. The van der Waals surface area contributed by atoms with Crippen molar-refractivity contribution < 1.29 is 14.3 Å². The van der Waals surface area contributed by atoms with Crippen molar-refractivity contribution in [3.63, 3.8) is 0 Å². The predicted octanol–water partition coefficient (Wildman–Crippen LogP) is 1.37. The zero-order valence-corrected chi connectivity index (χ0v) is 9.76. The van der Waals surface area contributed by atoms with Gasteiger partial charge in [-0.05, 0) is 31.2 Å². The first-order valence-electron chi connectivity index (χ1n) is 5.65. The molecule has 5 nitrogen and oxygen atoms in total. The Morgan fingerprint density at radius 1 is 1.47 bits per heavy atom. The van der Waals surface area contributed by atoms with Crippen LogP contribution < -0.4 is 15.4 Å². The summed E-state index contributed by atoms with van der Waals surface area (Å²) in [5, 5.41) is 0. The van der Waals surface area contributed by atoms with E-state index in [0.717, 1.165) is 11.4 Å². The molecule has 0 bridgehead atoms. The Labute approximate surface area is 100 Å². The van der Waals surface area contributed by atoms with Gasteiger partial charge in [0.15, 0.2) is 0 Å². The monoisotopic (exact) mass is 236 g/mol. The first-order chi connectivity index (χ1) is 8.24. The molecule has 1 unspecified atom stereocenters. The molecule has 1 amide bonds. The number of cyclic esters (lactones) is 1. The molecule has 0 aliphatic carbocycles. The fourth-order valence-electron chi connectivity index (χ4n) is 1.74. The van der Waals surface area contributed by atoms with Gasteiger partial charge >= 0.3 is 6.09 Å². The number of anilines is 1. The van der Waals surface area contributed by atoms with E-state index in [2.05, 4.69) is 0 Å². The number of nitrogens with two attached hydrogens (primary N) is 1. The first kappa shape index (κ1) is 11.7. The second-order valence-electron chi connectivity index (χ2n) is 3.78. The molecule has 1 heterocycles. The molecule has 1 fully saturated rings. The first-order valence-corrected chi connectivity index (χ1v) is 5.65. The summed E-state index contributed by atoms with van der Waals surface area (Å²) in [6, 6.07) is 7.35. The van der Waals surface area contributed by atoms with Crippen LogP contribution in [-0.4, -0.2) is 31.9 Å². The lowest BCUT2D eigenvalue weighted by Crippen LogP contribution is -2.27. The van der Waals surface area contributed by atoms with Gasteiger partial charge in [0.05, 0.1) is 13.2 Å². The van der Waals surface area contributed by atoms with Crippen molar-refractivity contribution >= 4 is 11.8 Å². The molecular weight excluding hydrogens is 220 g/mol. The molecule has 1 aromatic carbocycles. The van der Waals surface area contributed by atoms with Crippen molar-refractivity contribution in [2.45, 2.75) is 13.0 Å². The molecule has 2 N–H and O–H groups in total. The van der Waals surface area contributed by atoms with Gasteiger partial charge in [-0.25, -0.2) is 4.79 Å². The Balaban J connectivity index is 2.09. The number of benzene rings is 1. The minimum atomic E-state index is -0.343. The number of rotatable bonds is 4. The van der Waals surface area contributed by atoms with Crippen LogP contribution in [-0.2, 0) is 4.74 Å². The van der Waals surface area contributed by atoms with Gasteiger partial charge in [-0.1, -0.05) is 0 Å². The second kappa shape index (κ2) is 5.05. The van der Waals surface area contributed by atoms with Crippen LogP contribution in [0.25, 0.3) is 0 Å². The average molecular weight is 236 g/mol. The van der Waals surface area contributed by atoms with Gasteiger partial charge in [0.2, 0.25) is 0 Å². The van der Waals surface area contributed by atoms with E-state index < -0.39 is 0 Å². The van der Waals surface area contributed by atoms with Crippen LogP contribution in [0.5, 0.6) is 5.75 Å². The maximum Gasteiger partial charge on any atom is 0.414 e. The highest BCUT2D eigenvalue weighted by Gasteiger charge is 2.31. The summed E-state index contributed by atoms with van der Waals surface area (Å²) < 4.78 is 10.4. The van der Waals surface area contributed by atoms with E-state index in [4.69, 9.17) is 15.2 Å². The highest BCUT2D eigenvalue weighted by molar-refractivity contribution is 5.89. The van der Waals surface area contributed by atoms with E-state index in [1.165, 1.54) is 0 Å². The molecule has 1 aliphatic rings. The molecule has 1 aliphatic heterocycles. The molecule has 92 valence electrons. The van der Waals surface area contributed by atoms with Crippen LogP contribution >= 0.6 is 0 Å². The summed E-state index contributed by atoms with van der Waals surface area (Å²) in [5.74, 6) is 0.791. The van der Waals surface area contributed by atoms with Crippen molar-refractivity contribution in [2.24, 2.45) is 5.73 Å². The van der Waals surface area contributed by atoms with Crippen molar-refractivity contribution in [2.75, 3.05) is 24.6 Å². The molecule has 0 aromatic heterocycles. The van der Waals surface area contributed by atoms with E-state index in [9.17, 15) is 4.79 Å². The van der Waals surface area contributed by atoms with Crippen molar-refractivity contribution in [3.8, 4) is 5.75 Å². The Hall–Kier alpha value is -1.75. The molecule has 17 heavy (non-hydrogen) atoms. The highest BCUT2D eigenvalue weighted by Crippen LogP contribution is 2.23. The fraction of sp³-hybridized carbons (Fsp3) is 0.417. The molecule has 0 spiro atoms. The maximum atomic E-state index is 11.6. The standard InChI is InChI=1S/C12H16N2O3/c1-2-16-10-5-3-9(4-6-10)14-8-11(7-13)17-12(14)15/h3-6,11H,2,7-8,13H2,1H3. The number of ether oxygens (including phenoxy) is 2. The summed E-state index contributed by atoms with van der Waals surface area (Å²) in [4.78, 5) is 13.1. The Morgan fingerprint density at radius 3 is 2.71 bits per heavy atom. The van der Waals surface area contributed by atoms with Gasteiger partial charge in [-0.15, -0.1) is 0 Å². The summed E-state index contributed by atoms with van der Waals surface area (Å²) in [6.07, 6.45) is -0.557. The number of carbonyl (C=O) groups is 1.